The van der Waals surface area contributed by atoms with Crippen molar-refractivity contribution in [3.05, 3.63) is 95.2 Å². The first-order valence-corrected chi connectivity index (χ1v) is 8.65. The molecule has 3 heteroatoms. The molecule has 4 rings (SSSR count). The van der Waals surface area contributed by atoms with E-state index in [1.165, 1.54) is 11.1 Å². The number of pyridine rings is 1. The van der Waals surface area contributed by atoms with Gasteiger partial charge in [0.25, 0.3) is 0 Å². The van der Waals surface area contributed by atoms with Crippen molar-refractivity contribution >= 4 is 11.6 Å². The van der Waals surface area contributed by atoms with Gasteiger partial charge in [-0.3, -0.25) is 4.79 Å². The monoisotopic (exact) mass is 328 g/mol. The number of aryl methyl sites for hydroxylation is 1. The first kappa shape index (κ1) is 15.6. The number of carbonyl (C=O) groups excluding carboxylic acids is 1. The Kier molecular flexibility index (Phi) is 4.30. The molecular weight excluding hydrogens is 308 g/mol. The van der Waals surface area contributed by atoms with Crippen molar-refractivity contribution in [2.45, 2.75) is 25.9 Å². The fraction of sp³-hybridized carbons (Fsp3) is 0.182. The number of aromatic nitrogens is 1. The third kappa shape index (κ3) is 3.45. The first-order chi connectivity index (χ1) is 12.3. The molecule has 0 amide bonds. The van der Waals surface area contributed by atoms with Crippen LogP contribution in [0.4, 0.5) is 5.82 Å². The van der Waals surface area contributed by atoms with Gasteiger partial charge in [0.05, 0.1) is 0 Å². The highest BCUT2D eigenvalue weighted by Crippen LogP contribution is 2.25. The lowest BCUT2D eigenvalue weighted by Crippen LogP contribution is -2.23. The van der Waals surface area contributed by atoms with E-state index in [2.05, 4.69) is 59.5 Å². The Balaban J connectivity index is 1.67. The molecule has 0 saturated heterocycles. The highest BCUT2D eigenvalue weighted by atomic mass is 16.1. The zero-order valence-electron chi connectivity index (χ0n) is 14.1. The van der Waals surface area contributed by atoms with E-state index in [-0.39, 0.29) is 5.78 Å². The summed E-state index contributed by atoms with van der Waals surface area (Å²) >= 11 is 0. The molecular formula is C22H20N2O. The zero-order valence-corrected chi connectivity index (χ0v) is 14.1. The molecule has 0 spiro atoms. The van der Waals surface area contributed by atoms with Crippen LogP contribution >= 0.6 is 0 Å². The molecule has 0 bridgehead atoms. The summed E-state index contributed by atoms with van der Waals surface area (Å²) < 4.78 is 0. The van der Waals surface area contributed by atoms with E-state index in [1.54, 1.807) is 0 Å². The number of anilines is 1. The van der Waals surface area contributed by atoms with Crippen LogP contribution in [0.25, 0.3) is 0 Å². The molecule has 124 valence electrons. The Labute approximate surface area is 148 Å². The van der Waals surface area contributed by atoms with Gasteiger partial charge in [-0.25, -0.2) is 4.98 Å². The van der Waals surface area contributed by atoms with Gasteiger partial charge in [0.15, 0.2) is 5.78 Å². The van der Waals surface area contributed by atoms with Crippen LogP contribution in [0.5, 0.6) is 0 Å². The van der Waals surface area contributed by atoms with Crippen molar-refractivity contribution in [3.63, 3.8) is 0 Å². The van der Waals surface area contributed by atoms with Crippen molar-refractivity contribution in [2.24, 2.45) is 0 Å². The van der Waals surface area contributed by atoms with Gasteiger partial charge in [0.1, 0.15) is 11.5 Å². The Morgan fingerprint density at radius 3 is 1.96 bits per heavy atom. The largest absolute Gasteiger partial charge is 0.348 e. The standard InChI is InChI=1S/C22H20N2O/c25-20-13-11-19-12-14-21(23-22(19)20)24(15-17-7-3-1-4-8-17)16-18-9-5-2-6-10-18/h1-10,12,14H,11,13,15-16H2. The number of rotatable bonds is 5. The van der Waals surface area contributed by atoms with Gasteiger partial charge in [-0.2, -0.15) is 0 Å². The van der Waals surface area contributed by atoms with Crippen molar-refractivity contribution in [2.75, 3.05) is 4.90 Å². The average molecular weight is 328 g/mol. The van der Waals surface area contributed by atoms with E-state index in [9.17, 15) is 4.79 Å². The van der Waals surface area contributed by atoms with Crippen LogP contribution in [0.1, 0.15) is 33.6 Å². The Morgan fingerprint density at radius 1 is 0.760 bits per heavy atom. The molecule has 0 saturated carbocycles. The fourth-order valence-corrected chi connectivity index (χ4v) is 3.29. The molecule has 0 unspecified atom stereocenters. The van der Waals surface area contributed by atoms with Gasteiger partial charge in [-0.1, -0.05) is 66.7 Å². The Bertz CT molecular complexity index is 834. The summed E-state index contributed by atoms with van der Waals surface area (Å²) in [6, 6.07) is 24.8. The second-order valence-corrected chi connectivity index (χ2v) is 6.43. The molecule has 0 radical (unpaired) electrons. The Morgan fingerprint density at radius 2 is 1.36 bits per heavy atom. The summed E-state index contributed by atoms with van der Waals surface area (Å²) in [5.41, 5.74) is 4.19. The zero-order chi connectivity index (χ0) is 17.1. The van der Waals surface area contributed by atoms with E-state index in [4.69, 9.17) is 4.98 Å². The molecule has 2 aromatic carbocycles. The summed E-state index contributed by atoms with van der Waals surface area (Å²) in [7, 11) is 0. The minimum atomic E-state index is 0.163. The summed E-state index contributed by atoms with van der Waals surface area (Å²) in [5, 5.41) is 0. The van der Waals surface area contributed by atoms with Crippen molar-refractivity contribution in [1.82, 2.24) is 4.98 Å². The summed E-state index contributed by atoms with van der Waals surface area (Å²) in [5.74, 6) is 1.03. The highest BCUT2D eigenvalue weighted by Gasteiger charge is 2.22. The average Bonchev–Trinajstić information content (AvgIpc) is 3.03. The predicted molar refractivity (Wildman–Crippen MR) is 99.7 cm³/mol. The van der Waals surface area contributed by atoms with Gasteiger partial charge in [0.2, 0.25) is 0 Å². The van der Waals surface area contributed by atoms with Gasteiger partial charge >= 0.3 is 0 Å². The van der Waals surface area contributed by atoms with E-state index in [1.807, 2.05) is 18.2 Å². The van der Waals surface area contributed by atoms with Crippen LogP contribution in [0.3, 0.4) is 0 Å². The molecule has 0 fully saturated rings. The lowest BCUT2D eigenvalue weighted by atomic mass is 10.1. The van der Waals surface area contributed by atoms with Crippen molar-refractivity contribution in [1.29, 1.82) is 0 Å². The van der Waals surface area contributed by atoms with Crippen LogP contribution in [-0.2, 0) is 19.5 Å². The van der Waals surface area contributed by atoms with Crippen LogP contribution in [0.2, 0.25) is 0 Å². The lowest BCUT2D eigenvalue weighted by Gasteiger charge is -2.24. The minimum Gasteiger partial charge on any atom is -0.348 e. The Hall–Kier alpha value is -2.94. The minimum absolute atomic E-state index is 0.163. The molecule has 0 atom stereocenters. The number of hydrogen-bond acceptors (Lipinski definition) is 3. The topological polar surface area (TPSA) is 33.2 Å². The maximum absolute atomic E-state index is 12.1. The molecule has 25 heavy (non-hydrogen) atoms. The molecule has 1 aliphatic rings. The van der Waals surface area contributed by atoms with Crippen LogP contribution in [0, 0.1) is 0 Å². The summed E-state index contributed by atoms with van der Waals surface area (Å²) in [6.45, 7) is 1.52. The van der Waals surface area contributed by atoms with Crippen molar-refractivity contribution < 1.29 is 4.79 Å². The number of fused-ring (bicyclic) bond motifs is 1. The van der Waals surface area contributed by atoms with E-state index < -0.39 is 0 Å². The molecule has 3 nitrogen and oxygen atoms in total. The number of Topliss-reactive ketones (excluding diaryl/α,β-unsaturated/α-hetero) is 1. The molecule has 0 N–H and O–H groups in total. The lowest BCUT2D eigenvalue weighted by molar-refractivity contribution is 0.0990. The molecule has 1 aliphatic carbocycles. The van der Waals surface area contributed by atoms with Gasteiger partial charge in [0, 0.05) is 19.5 Å². The normalized spacial score (nSPS) is 12.9. The van der Waals surface area contributed by atoms with Gasteiger partial charge in [-0.05, 0) is 29.2 Å². The van der Waals surface area contributed by atoms with Crippen LogP contribution in [0.15, 0.2) is 72.8 Å². The molecule has 0 aliphatic heterocycles. The second kappa shape index (κ2) is 6.89. The third-order valence-electron chi connectivity index (χ3n) is 4.61. The first-order valence-electron chi connectivity index (χ1n) is 8.65. The van der Waals surface area contributed by atoms with E-state index in [0.29, 0.717) is 12.1 Å². The second-order valence-electron chi connectivity index (χ2n) is 6.43. The van der Waals surface area contributed by atoms with Gasteiger partial charge in [-0.15, -0.1) is 0 Å². The van der Waals surface area contributed by atoms with E-state index in [0.717, 1.165) is 30.9 Å². The maximum Gasteiger partial charge on any atom is 0.181 e. The molecule has 1 aromatic heterocycles. The molecule has 3 aromatic rings. The SMILES string of the molecule is O=C1CCc2ccc(N(Cc3ccccc3)Cc3ccccc3)nc21. The highest BCUT2D eigenvalue weighted by molar-refractivity contribution is 5.98. The van der Waals surface area contributed by atoms with Crippen LogP contribution in [-0.4, -0.2) is 10.8 Å². The number of benzene rings is 2. The smallest absolute Gasteiger partial charge is 0.181 e. The van der Waals surface area contributed by atoms with Gasteiger partial charge < -0.3 is 4.90 Å². The van der Waals surface area contributed by atoms with E-state index >= 15 is 0 Å². The quantitative estimate of drug-likeness (QED) is 0.695. The van der Waals surface area contributed by atoms with Crippen molar-refractivity contribution in [3.8, 4) is 0 Å². The third-order valence-corrected chi connectivity index (χ3v) is 4.61. The predicted octanol–water partition coefficient (Wildman–Crippen LogP) is 4.42. The molecule has 1 heterocycles. The number of carbonyl (C=O) groups is 1. The summed E-state index contributed by atoms with van der Waals surface area (Å²) in [4.78, 5) is 19.0. The number of nitrogens with zero attached hydrogens (tertiary/aromatic N) is 2. The summed E-state index contributed by atoms with van der Waals surface area (Å²) in [6.07, 6.45) is 1.40. The number of ketones is 1. The fourth-order valence-electron chi connectivity index (χ4n) is 3.29. The maximum atomic E-state index is 12.1. The number of hydrogen-bond donors (Lipinski definition) is 0. The van der Waals surface area contributed by atoms with Crippen LogP contribution < -0.4 is 4.90 Å².